The number of nitrogens with zero attached hydrogens (tertiary/aromatic N) is 3. The highest BCUT2D eigenvalue weighted by Gasteiger charge is 2.57. The molecule has 0 aromatic heterocycles. The standard InChI is InChI=1S/C19H19F2N3O/c1-13(25)14-3-5-15(6-4-14)16-7-9-24(10-8-16)18(23-22-2)11-17-12-19(17,20)21/h3-9,17H,2,10-12H2,1H3/b23-18-. The van der Waals surface area contributed by atoms with Crippen LogP contribution in [-0.4, -0.2) is 35.7 Å². The van der Waals surface area contributed by atoms with Crippen LogP contribution in [0.2, 0.25) is 0 Å². The molecule has 1 atom stereocenters. The van der Waals surface area contributed by atoms with E-state index in [0.717, 1.165) is 11.1 Å². The number of Topliss-reactive ketones (excluding diaryl/α,β-unsaturated/α-hetero) is 1. The molecule has 1 saturated carbocycles. The Labute approximate surface area is 145 Å². The first kappa shape index (κ1) is 17.2. The van der Waals surface area contributed by atoms with Crippen LogP contribution in [0.25, 0.3) is 5.57 Å². The van der Waals surface area contributed by atoms with E-state index in [4.69, 9.17) is 0 Å². The van der Waals surface area contributed by atoms with Gasteiger partial charge in [0.1, 0.15) is 5.84 Å². The minimum atomic E-state index is -2.58. The average Bonchev–Trinajstić information content (AvgIpc) is 3.21. The zero-order chi connectivity index (χ0) is 18.0. The van der Waals surface area contributed by atoms with Crippen molar-refractivity contribution in [2.45, 2.75) is 25.7 Å². The molecule has 0 N–H and O–H groups in total. The molecule has 25 heavy (non-hydrogen) atoms. The molecule has 1 aliphatic carbocycles. The minimum Gasteiger partial charge on any atom is -0.331 e. The van der Waals surface area contributed by atoms with Gasteiger partial charge < -0.3 is 4.90 Å². The fraction of sp³-hybridized carbons (Fsp3) is 0.316. The molecule has 1 unspecified atom stereocenters. The predicted octanol–water partition coefficient (Wildman–Crippen LogP) is 4.16. The van der Waals surface area contributed by atoms with Crippen LogP contribution < -0.4 is 0 Å². The van der Waals surface area contributed by atoms with Crippen molar-refractivity contribution >= 4 is 23.9 Å². The predicted molar refractivity (Wildman–Crippen MR) is 94.9 cm³/mol. The molecule has 0 radical (unpaired) electrons. The highest BCUT2D eigenvalue weighted by Crippen LogP contribution is 2.51. The van der Waals surface area contributed by atoms with Gasteiger partial charge in [-0.2, -0.15) is 5.10 Å². The van der Waals surface area contributed by atoms with E-state index in [-0.39, 0.29) is 18.6 Å². The molecule has 2 aliphatic rings. The molecule has 130 valence electrons. The summed E-state index contributed by atoms with van der Waals surface area (Å²) >= 11 is 0. The van der Waals surface area contributed by atoms with E-state index >= 15 is 0 Å². The van der Waals surface area contributed by atoms with Gasteiger partial charge in [0.05, 0.1) is 0 Å². The van der Waals surface area contributed by atoms with Gasteiger partial charge in [-0.3, -0.25) is 4.79 Å². The number of alkyl halides is 2. The van der Waals surface area contributed by atoms with Crippen LogP contribution in [0.5, 0.6) is 0 Å². The van der Waals surface area contributed by atoms with Crippen molar-refractivity contribution in [2.75, 3.05) is 6.54 Å². The monoisotopic (exact) mass is 343 g/mol. The van der Waals surface area contributed by atoms with E-state index in [1.165, 1.54) is 6.92 Å². The molecule has 0 bridgehead atoms. The molecular weight excluding hydrogens is 324 g/mol. The van der Waals surface area contributed by atoms with Crippen molar-refractivity contribution in [2.24, 2.45) is 16.1 Å². The second kappa shape index (κ2) is 6.70. The quantitative estimate of drug-likeness (QED) is 0.349. The molecule has 0 spiro atoms. The van der Waals surface area contributed by atoms with E-state index in [0.29, 0.717) is 17.9 Å². The largest absolute Gasteiger partial charge is 0.331 e. The Kier molecular flexibility index (Phi) is 4.61. The lowest BCUT2D eigenvalue weighted by molar-refractivity contribution is 0.0995. The maximum Gasteiger partial charge on any atom is 0.252 e. The third-order valence-corrected chi connectivity index (χ3v) is 4.47. The highest BCUT2D eigenvalue weighted by atomic mass is 19.3. The van der Waals surface area contributed by atoms with Crippen LogP contribution in [0, 0.1) is 5.92 Å². The summed E-state index contributed by atoms with van der Waals surface area (Å²) in [5.41, 5.74) is 2.67. The number of amidine groups is 1. The Morgan fingerprint density at radius 2 is 2.04 bits per heavy atom. The fourth-order valence-electron chi connectivity index (χ4n) is 2.81. The van der Waals surface area contributed by atoms with Crippen LogP contribution >= 0.6 is 0 Å². The number of ketones is 1. The Bertz CT molecular complexity index is 778. The summed E-state index contributed by atoms with van der Waals surface area (Å²) < 4.78 is 26.3. The first-order valence-corrected chi connectivity index (χ1v) is 8.07. The summed E-state index contributed by atoms with van der Waals surface area (Å²) in [5, 5.41) is 7.44. The number of rotatable bonds is 5. The van der Waals surface area contributed by atoms with Crippen molar-refractivity contribution in [3.63, 3.8) is 0 Å². The van der Waals surface area contributed by atoms with E-state index in [2.05, 4.69) is 16.9 Å². The van der Waals surface area contributed by atoms with Gasteiger partial charge in [0.15, 0.2) is 5.78 Å². The first-order chi connectivity index (χ1) is 11.9. The molecule has 4 nitrogen and oxygen atoms in total. The zero-order valence-corrected chi connectivity index (χ0v) is 14.0. The highest BCUT2D eigenvalue weighted by molar-refractivity contribution is 5.94. The number of hydrogen-bond acceptors (Lipinski definition) is 3. The Morgan fingerprint density at radius 1 is 1.36 bits per heavy atom. The number of allylic oxidation sites excluding steroid dienone is 2. The van der Waals surface area contributed by atoms with Gasteiger partial charge in [-0.15, -0.1) is 5.10 Å². The molecule has 1 aromatic carbocycles. The van der Waals surface area contributed by atoms with Crippen molar-refractivity contribution in [3.8, 4) is 0 Å². The summed E-state index contributed by atoms with van der Waals surface area (Å²) in [7, 11) is 0. The molecule has 0 amide bonds. The second-order valence-corrected chi connectivity index (χ2v) is 6.28. The number of hydrogen-bond donors (Lipinski definition) is 0. The fourth-order valence-corrected chi connectivity index (χ4v) is 2.81. The molecule has 3 rings (SSSR count). The zero-order valence-electron chi connectivity index (χ0n) is 14.0. The van der Waals surface area contributed by atoms with Crippen LogP contribution in [0.3, 0.4) is 0 Å². The summed E-state index contributed by atoms with van der Waals surface area (Å²) in [6.07, 6.45) is 5.80. The SMILES string of the molecule is C=N/N=C(/CC1CC1(F)F)N1C=CC(c2ccc(C(C)=O)cc2)=CC1. The van der Waals surface area contributed by atoms with Gasteiger partial charge in [0.2, 0.25) is 0 Å². The van der Waals surface area contributed by atoms with Crippen molar-refractivity contribution < 1.29 is 13.6 Å². The van der Waals surface area contributed by atoms with Gasteiger partial charge in [-0.05, 0) is 24.1 Å². The van der Waals surface area contributed by atoms with Gasteiger partial charge in [0, 0.05) is 43.8 Å². The van der Waals surface area contributed by atoms with E-state index < -0.39 is 11.8 Å². The Hall–Kier alpha value is -2.63. The minimum absolute atomic E-state index is 0.0283. The third-order valence-electron chi connectivity index (χ3n) is 4.47. The summed E-state index contributed by atoms with van der Waals surface area (Å²) in [4.78, 5) is 13.1. The van der Waals surface area contributed by atoms with Gasteiger partial charge >= 0.3 is 0 Å². The maximum absolute atomic E-state index is 13.2. The average molecular weight is 343 g/mol. The molecular formula is C19H19F2N3O. The molecule has 1 aliphatic heterocycles. The Morgan fingerprint density at radius 3 is 2.52 bits per heavy atom. The third kappa shape index (κ3) is 3.90. The Balaban J connectivity index is 1.68. The molecule has 1 heterocycles. The molecule has 6 heteroatoms. The van der Waals surface area contributed by atoms with Gasteiger partial charge in [0.25, 0.3) is 5.92 Å². The molecule has 1 aromatic rings. The lowest BCUT2D eigenvalue weighted by atomic mass is 10.0. The van der Waals surface area contributed by atoms with Crippen molar-refractivity contribution in [3.05, 3.63) is 53.7 Å². The van der Waals surface area contributed by atoms with Crippen LogP contribution in [-0.2, 0) is 0 Å². The van der Waals surface area contributed by atoms with Crippen molar-refractivity contribution in [1.29, 1.82) is 0 Å². The summed E-state index contributed by atoms with van der Waals surface area (Å²) in [6.45, 7) is 5.38. The van der Waals surface area contributed by atoms with E-state index in [1.54, 1.807) is 17.0 Å². The van der Waals surface area contributed by atoms with E-state index in [1.807, 2.05) is 30.5 Å². The maximum atomic E-state index is 13.2. The lowest BCUT2D eigenvalue weighted by Gasteiger charge is -2.24. The van der Waals surface area contributed by atoms with Gasteiger partial charge in [-0.1, -0.05) is 30.3 Å². The van der Waals surface area contributed by atoms with Crippen LogP contribution in [0.1, 0.15) is 35.7 Å². The summed E-state index contributed by atoms with van der Waals surface area (Å²) in [5.74, 6) is -2.72. The topological polar surface area (TPSA) is 45.0 Å². The molecule has 0 saturated heterocycles. The number of halogens is 2. The van der Waals surface area contributed by atoms with E-state index in [9.17, 15) is 13.6 Å². The lowest BCUT2D eigenvalue weighted by Crippen LogP contribution is -2.28. The second-order valence-electron chi connectivity index (χ2n) is 6.28. The number of carbonyl (C=O) groups excluding carboxylic acids is 1. The normalized spacial score (nSPS) is 21.7. The first-order valence-electron chi connectivity index (χ1n) is 8.07. The van der Waals surface area contributed by atoms with Crippen molar-refractivity contribution in [1.82, 2.24) is 4.90 Å². The molecule has 1 fully saturated rings. The number of benzene rings is 1. The van der Waals surface area contributed by atoms with Gasteiger partial charge in [-0.25, -0.2) is 8.78 Å². The number of carbonyl (C=O) groups is 1. The van der Waals surface area contributed by atoms with Crippen LogP contribution in [0.4, 0.5) is 8.78 Å². The van der Waals surface area contributed by atoms with Crippen LogP contribution in [0.15, 0.2) is 52.8 Å². The summed E-state index contributed by atoms with van der Waals surface area (Å²) in [6, 6.07) is 7.38. The smallest absolute Gasteiger partial charge is 0.252 e.